The summed E-state index contributed by atoms with van der Waals surface area (Å²) in [5, 5.41) is 9.21. The second kappa shape index (κ2) is 5.98. The van der Waals surface area contributed by atoms with Crippen LogP contribution in [0.25, 0.3) is 0 Å². The lowest BCUT2D eigenvalue weighted by molar-refractivity contribution is -0.144. The quantitative estimate of drug-likeness (QED) is 0.720. The maximum atomic E-state index is 11.1. The molecule has 0 aliphatic rings. The number of nitrogens with two attached hydrogens (primary N) is 1. The first kappa shape index (κ1) is 16.6. The van der Waals surface area contributed by atoms with Gasteiger partial charge in [0.15, 0.2) is 8.32 Å². The minimum atomic E-state index is -1.93. The van der Waals surface area contributed by atoms with Gasteiger partial charge in [0.05, 0.1) is 12.0 Å². The maximum absolute atomic E-state index is 11.1. The average molecular weight is 261 g/mol. The predicted octanol–water partition coefficient (Wildman–Crippen LogP) is 2.45. The number of aliphatic carboxylic acids is 1. The van der Waals surface area contributed by atoms with Gasteiger partial charge in [-0.3, -0.25) is 4.79 Å². The number of carboxylic acids is 1. The normalized spacial score (nSPS) is 16.6. The second-order valence-electron chi connectivity index (χ2n) is 6.01. The van der Waals surface area contributed by atoms with E-state index in [1.807, 2.05) is 6.92 Å². The summed E-state index contributed by atoms with van der Waals surface area (Å²) >= 11 is 0. The third kappa shape index (κ3) is 4.41. The average Bonchev–Trinajstić information content (AvgIpc) is 2.14. The van der Waals surface area contributed by atoms with Crippen molar-refractivity contribution in [1.82, 2.24) is 0 Å². The summed E-state index contributed by atoms with van der Waals surface area (Å²) in [6.45, 7) is 12.8. The molecule has 0 rings (SSSR count). The van der Waals surface area contributed by atoms with Crippen LogP contribution >= 0.6 is 0 Å². The van der Waals surface area contributed by atoms with Crippen LogP contribution in [0.5, 0.6) is 0 Å². The topological polar surface area (TPSA) is 72.5 Å². The summed E-state index contributed by atoms with van der Waals surface area (Å²) in [4.78, 5) is 11.1. The van der Waals surface area contributed by atoms with E-state index in [-0.39, 0.29) is 17.7 Å². The highest BCUT2D eigenvalue weighted by molar-refractivity contribution is 6.74. The molecule has 0 aromatic rings. The summed E-state index contributed by atoms with van der Waals surface area (Å²) in [7, 11) is -1.93. The minimum absolute atomic E-state index is 0.0814. The molecule has 5 heteroatoms. The van der Waals surface area contributed by atoms with Gasteiger partial charge < -0.3 is 15.3 Å². The molecular formula is C12H27NO3Si. The van der Waals surface area contributed by atoms with Crippen LogP contribution < -0.4 is 5.73 Å². The van der Waals surface area contributed by atoms with E-state index in [4.69, 9.17) is 15.3 Å². The largest absolute Gasteiger partial charge is 0.481 e. The van der Waals surface area contributed by atoms with E-state index in [0.717, 1.165) is 0 Å². The van der Waals surface area contributed by atoms with Gasteiger partial charge >= 0.3 is 5.97 Å². The maximum Gasteiger partial charge on any atom is 0.310 e. The predicted molar refractivity (Wildman–Crippen MR) is 72.5 cm³/mol. The molecule has 0 heterocycles. The Bertz CT molecular complexity index is 261. The van der Waals surface area contributed by atoms with Crippen molar-refractivity contribution in [3.05, 3.63) is 0 Å². The fraction of sp³-hybridized carbons (Fsp3) is 0.917. The lowest BCUT2D eigenvalue weighted by atomic mass is 10.0. The molecule has 0 spiro atoms. The van der Waals surface area contributed by atoms with E-state index in [0.29, 0.717) is 6.42 Å². The van der Waals surface area contributed by atoms with E-state index < -0.39 is 20.2 Å². The van der Waals surface area contributed by atoms with Crippen molar-refractivity contribution in [2.45, 2.75) is 58.4 Å². The highest BCUT2D eigenvalue weighted by Crippen LogP contribution is 2.38. The lowest BCUT2D eigenvalue weighted by Gasteiger charge is -2.40. The SMILES string of the molecule is CC[C@@H](O[Si](C)(C)C(C)(C)C)[C@H](CN)C(=O)O. The van der Waals surface area contributed by atoms with Crippen molar-refractivity contribution < 1.29 is 14.3 Å². The Hall–Kier alpha value is -0.393. The number of hydrogen-bond acceptors (Lipinski definition) is 3. The van der Waals surface area contributed by atoms with Crippen molar-refractivity contribution in [2.75, 3.05) is 6.54 Å². The van der Waals surface area contributed by atoms with Crippen molar-refractivity contribution >= 4 is 14.3 Å². The highest BCUT2D eigenvalue weighted by atomic mass is 28.4. The Balaban J connectivity index is 4.87. The van der Waals surface area contributed by atoms with Gasteiger partial charge in [0.2, 0.25) is 0 Å². The molecule has 0 aromatic heterocycles. The molecule has 102 valence electrons. The zero-order chi connectivity index (χ0) is 13.9. The third-order valence-electron chi connectivity index (χ3n) is 3.67. The minimum Gasteiger partial charge on any atom is -0.481 e. The first-order valence-corrected chi connectivity index (χ1v) is 9.08. The monoisotopic (exact) mass is 261 g/mol. The molecule has 0 aromatic carbocycles. The van der Waals surface area contributed by atoms with Crippen LogP contribution in [0.4, 0.5) is 0 Å². The summed E-state index contributed by atoms with van der Waals surface area (Å²) in [5.41, 5.74) is 5.53. The zero-order valence-corrected chi connectivity index (χ0v) is 12.9. The van der Waals surface area contributed by atoms with Gasteiger partial charge in [0.1, 0.15) is 0 Å². The first-order valence-electron chi connectivity index (χ1n) is 6.17. The lowest BCUT2D eigenvalue weighted by Crippen LogP contribution is -2.48. The van der Waals surface area contributed by atoms with Crippen LogP contribution in [-0.2, 0) is 9.22 Å². The van der Waals surface area contributed by atoms with Gasteiger partial charge in [-0.05, 0) is 24.6 Å². The smallest absolute Gasteiger partial charge is 0.310 e. The molecule has 0 radical (unpaired) electrons. The summed E-state index contributed by atoms with van der Waals surface area (Å²) < 4.78 is 6.14. The number of carboxylic acid groups (broad SMARTS) is 1. The van der Waals surface area contributed by atoms with Crippen LogP contribution in [0.3, 0.4) is 0 Å². The molecule has 17 heavy (non-hydrogen) atoms. The van der Waals surface area contributed by atoms with Gasteiger partial charge in [-0.15, -0.1) is 0 Å². The number of hydrogen-bond donors (Lipinski definition) is 2. The van der Waals surface area contributed by atoms with Crippen LogP contribution in [0.2, 0.25) is 18.1 Å². The fourth-order valence-corrected chi connectivity index (χ4v) is 2.86. The van der Waals surface area contributed by atoms with E-state index in [9.17, 15) is 4.79 Å². The molecule has 0 fully saturated rings. The Morgan fingerprint density at radius 1 is 1.41 bits per heavy atom. The Kier molecular flexibility index (Phi) is 5.84. The van der Waals surface area contributed by atoms with Gasteiger partial charge in [-0.25, -0.2) is 0 Å². The molecule has 4 nitrogen and oxygen atoms in total. The standard InChI is InChI=1S/C12H27NO3Si/c1-7-10(9(8-13)11(14)15)16-17(5,6)12(2,3)4/h9-10H,7-8,13H2,1-6H3,(H,14,15)/t9-,10+/m0/s1. The summed E-state index contributed by atoms with van der Waals surface area (Å²) in [6.07, 6.45) is 0.402. The van der Waals surface area contributed by atoms with Gasteiger partial charge in [0.25, 0.3) is 0 Å². The molecule has 0 bridgehead atoms. The van der Waals surface area contributed by atoms with Gasteiger partial charge in [0, 0.05) is 6.54 Å². The molecule has 0 saturated heterocycles. The van der Waals surface area contributed by atoms with E-state index >= 15 is 0 Å². The van der Waals surface area contributed by atoms with Crippen molar-refractivity contribution in [3.63, 3.8) is 0 Å². The van der Waals surface area contributed by atoms with E-state index in [2.05, 4.69) is 33.9 Å². The zero-order valence-electron chi connectivity index (χ0n) is 11.9. The molecule has 0 amide bonds. The van der Waals surface area contributed by atoms with Gasteiger partial charge in [-0.2, -0.15) is 0 Å². The van der Waals surface area contributed by atoms with Crippen LogP contribution in [-0.4, -0.2) is 32.0 Å². The van der Waals surface area contributed by atoms with E-state index in [1.165, 1.54) is 0 Å². The third-order valence-corrected chi connectivity index (χ3v) is 8.18. The van der Waals surface area contributed by atoms with Crippen LogP contribution in [0.1, 0.15) is 34.1 Å². The molecule has 0 unspecified atom stereocenters. The van der Waals surface area contributed by atoms with Crippen molar-refractivity contribution in [2.24, 2.45) is 11.7 Å². The van der Waals surface area contributed by atoms with Crippen molar-refractivity contribution in [1.29, 1.82) is 0 Å². The van der Waals surface area contributed by atoms with Gasteiger partial charge in [-0.1, -0.05) is 27.7 Å². The molecule has 0 aliphatic heterocycles. The molecule has 0 aliphatic carbocycles. The Labute approximate surface area is 106 Å². The van der Waals surface area contributed by atoms with Crippen molar-refractivity contribution in [3.8, 4) is 0 Å². The number of rotatable bonds is 6. The van der Waals surface area contributed by atoms with Crippen LogP contribution in [0.15, 0.2) is 0 Å². The Morgan fingerprint density at radius 2 is 1.88 bits per heavy atom. The fourth-order valence-electron chi connectivity index (χ4n) is 1.42. The second-order valence-corrected chi connectivity index (χ2v) is 10.8. The Morgan fingerprint density at radius 3 is 2.12 bits per heavy atom. The first-order chi connectivity index (χ1) is 7.56. The molecular weight excluding hydrogens is 234 g/mol. The molecule has 0 saturated carbocycles. The number of carbonyl (C=O) groups is 1. The molecule has 3 N–H and O–H groups in total. The van der Waals surface area contributed by atoms with E-state index in [1.54, 1.807) is 0 Å². The highest BCUT2D eigenvalue weighted by Gasteiger charge is 2.41. The van der Waals surface area contributed by atoms with Crippen LogP contribution in [0, 0.1) is 5.92 Å². The molecule has 2 atom stereocenters. The summed E-state index contributed by atoms with van der Waals surface area (Å²) in [5.74, 6) is -1.47. The summed E-state index contributed by atoms with van der Waals surface area (Å²) in [6, 6.07) is 0.